The minimum absolute atomic E-state index is 0.00416. The van der Waals surface area contributed by atoms with Crippen molar-refractivity contribution in [3.8, 4) is 0 Å². The lowest BCUT2D eigenvalue weighted by Gasteiger charge is -2.17. The molecule has 0 amide bonds. The van der Waals surface area contributed by atoms with Crippen molar-refractivity contribution in [3.05, 3.63) is 63.2 Å². The summed E-state index contributed by atoms with van der Waals surface area (Å²) in [5.74, 6) is -2.13. The van der Waals surface area contributed by atoms with Crippen LogP contribution < -0.4 is 16.5 Å². The van der Waals surface area contributed by atoms with Crippen LogP contribution in [0, 0.1) is 5.82 Å². The fourth-order valence-electron chi connectivity index (χ4n) is 2.77. The maximum atomic E-state index is 14.6. The van der Waals surface area contributed by atoms with Gasteiger partial charge in [-0.1, -0.05) is 11.6 Å². The lowest BCUT2D eigenvalue weighted by molar-refractivity contribution is 0.0695. The van der Waals surface area contributed by atoms with Crippen LogP contribution in [0.3, 0.4) is 0 Å². The number of benzene rings is 2. The molecule has 1 heterocycles. The average molecular weight is 376 g/mol. The maximum absolute atomic E-state index is 14.6. The quantitative estimate of drug-likeness (QED) is 0.602. The Morgan fingerprint density at radius 2 is 2.00 bits per heavy atom. The molecule has 0 aliphatic heterocycles. The molecule has 1 aromatic heterocycles. The molecule has 8 heteroatoms. The van der Waals surface area contributed by atoms with Gasteiger partial charge in [0.05, 0.1) is 16.6 Å². The van der Waals surface area contributed by atoms with Crippen molar-refractivity contribution in [2.45, 2.75) is 13.5 Å². The number of aromatic nitrogens is 1. The molecule has 0 atom stereocenters. The van der Waals surface area contributed by atoms with Crippen LogP contribution in [0.5, 0.6) is 0 Å². The molecule has 3 rings (SSSR count). The Balaban J connectivity index is 2.27. The van der Waals surface area contributed by atoms with Crippen LogP contribution in [0.25, 0.3) is 10.9 Å². The number of anilines is 3. The Morgan fingerprint density at radius 1 is 1.35 bits per heavy atom. The predicted octanol–water partition coefficient (Wildman–Crippen LogP) is 3.84. The van der Waals surface area contributed by atoms with E-state index in [1.807, 2.05) is 0 Å². The van der Waals surface area contributed by atoms with Gasteiger partial charge in [-0.25, -0.2) is 9.18 Å². The minimum Gasteiger partial charge on any atom is -0.477 e. The van der Waals surface area contributed by atoms with Gasteiger partial charge in [-0.15, -0.1) is 0 Å². The summed E-state index contributed by atoms with van der Waals surface area (Å²) in [4.78, 5) is 23.7. The van der Waals surface area contributed by atoms with Crippen LogP contribution in [-0.4, -0.2) is 15.6 Å². The third-order valence-electron chi connectivity index (χ3n) is 4.04. The van der Waals surface area contributed by atoms with Crippen molar-refractivity contribution in [1.29, 1.82) is 0 Å². The number of aromatic carboxylic acids is 1. The summed E-state index contributed by atoms with van der Waals surface area (Å²) in [6.07, 6.45) is 1.22. The normalized spacial score (nSPS) is 10.9. The monoisotopic (exact) mass is 375 g/mol. The number of carboxylic acids is 1. The number of carboxylic acid groups (broad SMARTS) is 1. The van der Waals surface area contributed by atoms with Gasteiger partial charge in [0.2, 0.25) is 5.43 Å². The summed E-state index contributed by atoms with van der Waals surface area (Å²) >= 11 is 5.84. The van der Waals surface area contributed by atoms with Gasteiger partial charge in [0.15, 0.2) is 0 Å². The maximum Gasteiger partial charge on any atom is 0.341 e. The zero-order valence-electron chi connectivity index (χ0n) is 13.7. The van der Waals surface area contributed by atoms with E-state index >= 15 is 0 Å². The van der Waals surface area contributed by atoms with Crippen LogP contribution in [0.4, 0.5) is 21.5 Å². The first-order chi connectivity index (χ1) is 12.3. The van der Waals surface area contributed by atoms with Crippen molar-refractivity contribution in [3.63, 3.8) is 0 Å². The fourth-order valence-corrected chi connectivity index (χ4v) is 2.90. The molecule has 0 saturated carbocycles. The van der Waals surface area contributed by atoms with E-state index < -0.39 is 22.8 Å². The Kier molecular flexibility index (Phi) is 4.56. The highest BCUT2D eigenvalue weighted by molar-refractivity contribution is 6.30. The molecule has 3 aromatic rings. The van der Waals surface area contributed by atoms with Crippen molar-refractivity contribution in [1.82, 2.24) is 4.57 Å². The van der Waals surface area contributed by atoms with Crippen LogP contribution in [0.2, 0.25) is 5.02 Å². The van der Waals surface area contributed by atoms with E-state index in [2.05, 4.69) is 5.32 Å². The van der Waals surface area contributed by atoms with Gasteiger partial charge in [-0.2, -0.15) is 0 Å². The number of fused-ring (bicyclic) bond motifs is 1. The Morgan fingerprint density at radius 3 is 2.58 bits per heavy atom. The molecule has 0 radical (unpaired) electrons. The molecule has 134 valence electrons. The summed E-state index contributed by atoms with van der Waals surface area (Å²) in [6, 6.07) is 7.60. The number of nitrogens with two attached hydrogens (primary N) is 1. The summed E-state index contributed by atoms with van der Waals surface area (Å²) in [5.41, 5.74) is 5.79. The lowest BCUT2D eigenvalue weighted by atomic mass is 10.1. The molecule has 26 heavy (non-hydrogen) atoms. The van der Waals surface area contributed by atoms with Crippen molar-refractivity contribution >= 4 is 45.5 Å². The number of rotatable bonds is 4. The van der Waals surface area contributed by atoms with Crippen LogP contribution >= 0.6 is 11.6 Å². The molecule has 0 saturated heterocycles. The minimum atomic E-state index is -1.37. The number of nitrogens with one attached hydrogen (secondary N) is 1. The lowest BCUT2D eigenvalue weighted by Crippen LogP contribution is -2.20. The number of pyridine rings is 1. The summed E-state index contributed by atoms with van der Waals surface area (Å²) in [7, 11) is 0. The third kappa shape index (κ3) is 2.97. The first kappa shape index (κ1) is 17.8. The first-order valence-corrected chi connectivity index (χ1v) is 8.12. The van der Waals surface area contributed by atoms with Crippen molar-refractivity contribution in [2.24, 2.45) is 0 Å². The summed E-state index contributed by atoms with van der Waals surface area (Å²) < 4.78 is 16.1. The number of hydrogen-bond acceptors (Lipinski definition) is 4. The number of nitrogen functional groups attached to an aromatic ring is 1. The van der Waals surface area contributed by atoms with E-state index in [9.17, 15) is 19.1 Å². The average Bonchev–Trinajstić information content (AvgIpc) is 2.60. The summed E-state index contributed by atoms with van der Waals surface area (Å²) in [5, 5.41) is 12.5. The molecule has 4 N–H and O–H groups in total. The molecule has 2 aromatic carbocycles. The van der Waals surface area contributed by atoms with Gasteiger partial charge in [-0.3, -0.25) is 4.79 Å². The Bertz CT molecular complexity index is 1080. The number of nitrogens with zero attached hydrogens (tertiary/aromatic N) is 1. The second-order valence-corrected chi connectivity index (χ2v) is 6.07. The molecule has 0 unspecified atom stereocenters. The highest BCUT2D eigenvalue weighted by Crippen LogP contribution is 2.33. The van der Waals surface area contributed by atoms with Gasteiger partial charge in [0.1, 0.15) is 17.1 Å². The van der Waals surface area contributed by atoms with Crippen molar-refractivity contribution < 1.29 is 14.3 Å². The SMILES string of the molecule is CCn1cc(C(=O)O)c(=O)c2cc(F)c(Nc3ccc(Cl)cc3)c(N)c21. The van der Waals surface area contributed by atoms with E-state index in [1.54, 1.807) is 31.2 Å². The highest BCUT2D eigenvalue weighted by Gasteiger charge is 2.20. The molecule has 0 aliphatic carbocycles. The molecular formula is C18H15ClFN3O3. The van der Waals surface area contributed by atoms with Crippen LogP contribution in [0.1, 0.15) is 17.3 Å². The molecule has 0 spiro atoms. The van der Waals surface area contributed by atoms with Crippen molar-refractivity contribution in [2.75, 3.05) is 11.1 Å². The van der Waals surface area contributed by atoms with Gasteiger partial charge in [-0.05, 0) is 37.3 Å². The third-order valence-corrected chi connectivity index (χ3v) is 4.29. The Hall–Kier alpha value is -3.06. The zero-order chi connectivity index (χ0) is 19.0. The first-order valence-electron chi connectivity index (χ1n) is 7.74. The second kappa shape index (κ2) is 6.68. The number of aryl methyl sites for hydroxylation is 1. The number of halogens is 2. The fraction of sp³-hybridized carbons (Fsp3) is 0.111. The smallest absolute Gasteiger partial charge is 0.341 e. The molecular weight excluding hydrogens is 361 g/mol. The van der Waals surface area contributed by atoms with E-state index in [4.69, 9.17) is 17.3 Å². The van der Waals surface area contributed by atoms with E-state index in [0.717, 1.165) is 6.07 Å². The summed E-state index contributed by atoms with van der Waals surface area (Å²) in [6.45, 7) is 2.12. The van der Waals surface area contributed by atoms with Crippen LogP contribution in [0.15, 0.2) is 41.3 Å². The number of hydrogen-bond donors (Lipinski definition) is 3. The van der Waals surface area contributed by atoms with Crippen LogP contribution in [-0.2, 0) is 6.54 Å². The van der Waals surface area contributed by atoms with E-state index in [0.29, 0.717) is 17.3 Å². The van der Waals surface area contributed by atoms with E-state index in [-0.39, 0.29) is 22.3 Å². The Labute approximate surface area is 152 Å². The second-order valence-electron chi connectivity index (χ2n) is 5.64. The van der Waals surface area contributed by atoms with Gasteiger partial charge in [0, 0.05) is 23.5 Å². The molecule has 0 bridgehead atoms. The van der Waals surface area contributed by atoms with Gasteiger partial charge < -0.3 is 20.7 Å². The number of carbonyl (C=O) groups is 1. The van der Waals surface area contributed by atoms with E-state index in [1.165, 1.54) is 10.8 Å². The topological polar surface area (TPSA) is 97.3 Å². The van der Waals surface area contributed by atoms with Gasteiger partial charge >= 0.3 is 5.97 Å². The standard InChI is InChI=1S/C18H15ClFN3O3/c1-2-23-8-12(18(25)26)17(24)11-7-13(20)15(14(21)16(11)23)22-10-5-3-9(19)4-6-10/h3-8,22H,2,21H2,1H3,(H,25,26). The van der Waals surface area contributed by atoms with Gasteiger partial charge in [0.25, 0.3) is 0 Å². The highest BCUT2D eigenvalue weighted by atomic mass is 35.5. The molecule has 6 nitrogen and oxygen atoms in total. The predicted molar refractivity (Wildman–Crippen MR) is 99.9 cm³/mol. The molecule has 0 aliphatic rings. The molecule has 0 fully saturated rings. The zero-order valence-corrected chi connectivity index (χ0v) is 14.5. The largest absolute Gasteiger partial charge is 0.477 e.